The molecule has 1 unspecified atom stereocenters. The first kappa shape index (κ1) is 16.0. The van der Waals surface area contributed by atoms with Crippen molar-refractivity contribution in [2.24, 2.45) is 0 Å². The van der Waals surface area contributed by atoms with Crippen LogP contribution in [0.3, 0.4) is 0 Å². The van der Waals surface area contributed by atoms with E-state index in [1.165, 1.54) is 12.8 Å². The second-order valence-corrected chi connectivity index (χ2v) is 6.11. The summed E-state index contributed by atoms with van der Waals surface area (Å²) in [6.07, 6.45) is 2.36. The molecule has 1 aromatic rings. The number of carbonyl (C=O) groups is 1. The van der Waals surface area contributed by atoms with Crippen molar-refractivity contribution in [3.05, 3.63) is 30.3 Å². The number of nitrogens with one attached hydrogen (secondary N) is 1. The maximum atomic E-state index is 12.7. The Kier molecular flexibility index (Phi) is 5.76. The average molecular weight is 289 g/mol. The minimum Gasteiger partial charge on any atom is -0.315 e. The van der Waals surface area contributed by atoms with E-state index in [2.05, 4.69) is 31.1 Å². The van der Waals surface area contributed by atoms with Gasteiger partial charge >= 0.3 is 0 Å². The highest BCUT2D eigenvalue weighted by atomic mass is 16.2. The van der Waals surface area contributed by atoms with Crippen LogP contribution < -0.4 is 10.2 Å². The minimum absolute atomic E-state index is 0.165. The minimum atomic E-state index is 0.165. The van der Waals surface area contributed by atoms with Gasteiger partial charge in [0.25, 0.3) is 0 Å². The van der Waals surface area contributed by atoms with Gasteiger partial charge in [0.1, 0.15) is 0 Å². The summed E-state index contributed by atoms with van der Waals surface area (Å²) in [6.45, 7) is 6.68. The number of rotatable bonds is 5. The van der Waals surface area contributed by atoms with E-state index in [1.807, 2.05) is 35.2 Å². The molecule has 1 heterocycles. The van der Waals surface area contributed by atoms with Crippen molar-refractivity contribution in [1.29, 1.82) is 0 Å². The average Bonchev–Trinajstić information content (AvgIpc) is 2.49. The molecule has 0 bridgehead atoms. The van der Waals surface area contributed by atoms with Crippen LogP contribution in [0.2, 0.25) is 0 Å². The van der Waals surface area contributed by atoms with Gasteiger partial charge in [0.2, 0.25) is 5.91 Å². The number of amides is 1. The molecule has 1 amide bonds. The van der Waals surface area contributed by atoms with E-state index in [1.54, 1.807) is 0 Å². The Bertz CT molecular complexity index is 441. The van der Waals surface area contributed by atoms with Gasteiger partial charge in [-0.15, -0.1) is 0 Å². The van der Waals surface area contributed by atoms with E-state index in [0.717, 1.165) is 18.8 Å². The number of nitrogens with zero attached hydrogens (tertiary/aromatic N) is 2. The zero-order chi connectivity index (χ0) is 15.2. The third-order valence-corrected chi connectivity index (χ3v) is 4.10. The number of likely N-dealkylation sites (N-methyl/N-ethyl adjacent to an activating group) is 1. The summed E-state index contributed by atoms with van der Waals surface area (Å²) < 4.78 is 0. The molecule has 1 atom stereocenters. The van der Waals surface area contributed by atoms with Crippen molar-refractivity contribution >= 4 is 11.6 Å². The molecule has 2 rings (SSSR count). The van der Waals surface area contributed by atoms with Crippen LogP contribution in [0.15, 0.2) is 30.3 Å². The third-order valence-electron chi connectivity index (χ3n) is 4.10. The predicted octanol–water partition coefficient (Wildman–Crippen LogP) is 2.11. The van der Waals surface area contributed by atoms with E-state index in [-0.39, 0.29) is 11.9 Å². The molecule has 4 heteroatoms. The van der Waals surface area contributed by atoms with Crippen LogP contribution >= 0.6 is 0 Å². The Morgan fingerprint density at radius 3 is 2.62 bits per heavy atom. The largest absolute Gasteiger partial charge is 0.315 e. The van der Waals surface area contributed by atoms with Gasteiger partial charge < -0.3 is 10.2 Å². The van der Waals surface area contributed by atoms with Crippen LogP contribution in [0.25, 0.3) is 0 Å². The van der Waals surface area contributed by atoms with E-state index in [0.29, 0.717) is 12.6 Å². The van der Waals surface area contributed by atoms with Gasteiger partial charge in [0, 0.05) is 24.3 Å². The fraction of sp³-hybridized carbons (Fsp3) is 0.588. The van der Waals surface area contributed by atoms with Crippen molar-refractivity contribution < 1.29 is 4.79 Å². The number of para-hydroxylation sites is 1. The molecular weight excluding hydrogens is 262 g/mol. The lowest BCUT2D eigenvalue weighted by molar-refractivity contribution is -0.120. The highest BCUT2D eigenvalue weighted by Crippen LogP contribution is 2.17. The van der Waals surface area contributed by atoms with Gasteiger partial charge in [-0.1, -0.05) is 18.2 Å². The van der Waals surface area contributed by atoms with Crippen molar-refractivity contribution in [3.8, 4) is 0 Å². The number of benzene rings is 1. The van der Waals surface area contributed by atoms with Crippen molar-refractivity contribution in [1.82, 2.24) is 10.2 Å². The van der Waals surface area contributed by atoms with E-state index in [9.17, 15) is 4.79 Å². The number of carbonyl (C=O) groups excluding carboxylic acids is 1. The van der Waals surface area contributed by atoms with Crippen LogP contribution in [0.5, 0.6) is 0 Å². The lowest BCUT2D eigenvalue weighted by Crippen LogP contribution is -2.49. The van der Waals surface area contributed by atoms with Gasteiger partial charge in [-0.25, -0.2) is 0 Å². The second kappa shape index (κ2) is 7.57. The lowest BCUT2D eigenvalue weighted by Gasteiger charge is -2.34. The summed E-state index contributed by atoms with van der Waals surface area (Å²) >= 11 is 0. The van der Waals surface area contributed by atoms with E-state index < -0.39 is 0 Å². The third kappa shape index (κ3) is 4.29. The predicted molar refractivity (Wildman–Crippen MR) is 87.6 cm³/mol. The monoisotopic (exact) mass is 289 g/mol. The van der Waals surface area contributed by atoms with Crippen molar-refractivity contribution in [2.75, 3.05) is 31.6 Å². The molecule has 1 aliphatic rings. The fourth-order valence-corrected chi connectivity index (χ4v) is 2.95. The molecule has 4 nitrogen and oxygen atoms in total. The first-order valence-electron chi connectivity index (χ1n) is 7.87. The molecule has 1 saturated heterocycles. The van der Waals surface area contributed by atoms with Crippen LogP contribution in [0.4, 0.5) is 5.69 Å². The molecule has 1 N–H and O–H groups in total. The van der Waals surface area contributed by atoms with Gasteiger partial charge in [0.05, 0.1) is 6.54 Å². The summed E-state index contributed by atoms with van der Waals surface area (Å²) in [4.78, 5) is 16.8. The quantitative estimate of drug-likeness (QED) is 0.902. The van der Waals surface area contributed by atoms with Crippen molar-refractivity contribution in [3.63, 3.8) is 0 Å². The molecule has 1 fully saturated rings. The Labute approximate surface area is 128 Å². The summed E-state index contributed by atoms with van der Waals surface area (Å²) in [7, 11) is 2.05. The normalized spacial score (nSPS) is 19.0. The second-order valence-electron chi connectivity index (χ2n) is 6.11. The summed E-state index contributed by atoms with van der Waals surface area (Å²) in [5.74, 6) is 0.171. The van der Waals surface area contributed by atoms with Crippen LogP contribution in [-0.4, -0.2) is 49.6 Å². The summed E-state index contributed by atoms with van der Waals surface area (Å²) in [5, 5.41) is 3.41. The Balaban J connectivity index is 2.02. The summed E-state index contributed by atoms with van der Waals surface area (Å²) in [5.41, 5.74) is 0.979. The highest BCUT2D eigenvalue weighted by molar-refractivity contribution is 5.95. The smallest absolute Gasteiger partial charge is 0.241 e. The standard InChI is InChI=1S/C17H27N3O/c1-14(2)20(15-8-5-4-6-9-15)17(21)13-19(3)16-10-7-11-18-12-16/h4-6,8-9,14,16,18H,7,10-13H2,1-3H3. The number of anilines is 1. The molecule has 0 spiro atoms. The van der Waals surface area contributed by atoms with Crippen LogP contribution in [0, 0.1) is 0 Å². The first-order chi connectivity index (χ1) is 10.1. The zero-order valence-electron chi connectivity index (χ0n) is 13.4. The Hall–Kier alpha value is -1.39. The molecule has 0 radical (unpaired) electrons. The first-order valence-corrected chi connectivity index (χ1v) is 7.87. The van der Waals surface area contributed by atoms with Crippen molar-refractivity contribution in [2.45, 2.75) is 38.8 Å². The molecule has 0 aromatic heterocycles. The number of hydrogen-bond acceptors (Lipinski definition) is 3. The van der Waals surface area contributed by atoms with Gasteiger partial charge in [-0.05, 0) is 52.4 Å². The molecular formula is C17H27N3O. The summed E-state index contributed by atoms with van der Waals surface area (Å²) in [6, 6.07) is 10.6. The van der Waals surface area contributed by atoms with E-state index in [4.69, 9.17) is 0 Å². The fourth-order valence-electron chi connectivity index (χ4n) is 2.95. The van der Waals surface area contributed by atoms with Crippen LogP contribution in [-0.2, 0) is 4.79 Å². The molecule has 0 saturated carbocycles. The molecule has 116 valence electrons. The molecule has 1 aliphatic heterocycles. The number of piperidine rings is 1. The molecule has 21 heavy (non-hydrogen) atoms. The number of hydrogen-bond donors (Lipinski definition) is 1. The Morgan fingerprint density at radius 2 is 2.05 bits per heavy atom. The van der Waals surface area contributed by atoms with Crippen LogP contribution in [0.1, 0.15) is 26.7 Å². The Morgan fingerprint density at radius 1 is 1.33 bits per heavy atom. The lowest BCUT2D eigenvalue weighted by atomic mass is 10.1. The van der Waals surface area contributed by atoms with Gasteiger partial charge in [0.15, 0.2) is 0 Å². The topological polar surface area (TPSA) is 35.6 Å². The van der Waals surface area contributed by atoms with Gasteiger partial charge in [-0.2, -0.15) is 0 Å². The van der Waals surface area contributed by atoms with E-state index >= 15 is 0 Å². The highest BCUT2D eigenvalue weighted by Gasteiger charge is 2.24. The SMILES string of the molecule is CC(C)N(C(=O)CN(C)C1CCCNC1)c1ccccc1. The maximum Gasteiger partial charge on any atom is 0.241 e. The molecule has 0 aliphatic carbocycles. The zero-order valence-corrected chi connectivity index (χ0v) is 13.4. The molecule has 1 aromatic carbocycles. The maximum absolute atomic E-state index is 12.7. The van der Waals surface area contributed by atoms with Gasteiger partial charge in [-0.3, -0.25) is 9.69 Å².